The maximum atomic E-state index is 10.4. The number of hydrogen-bond acceptors (Lipinski definition) is 4. The molecule has 0 saturated heterocycles. The first-order valence-electron chi connectivity index (χ1n) is 4.94. The Hall–Kier alpha value is -1.04. The Morgan fingerprint density at radius 2 is 2.47 bits per heavy atom. The molecular weight excluding hydrogens is 214 g/mol. The monoisotopic (exact) mass is 229 g/mol. The van der Waals surface area contributed by atoms with Gasteiger partial charge in [-0.15, -0.1) is 0 Å². The maximum Gasteiger partial charge on any atom is 0.381 e. The van der Waals surface area contributed by atoms with Crippen LogP contribution >= 0.6 is 12.6 Å². The minimum absolute atomic E-state index is 0.0931. The third-order valence-corrected chi connectivity index (χ3v) is 2.75. The van der Waals surface area contributed by atoms with E-state index in [1.54, 1.807) is 4.57 Å². The Morgan fingerprint density at radius 1 is 1.73 bits per heavy atom. The molecule has 5 nitrogen and oxygen atoms in total. The van der Waals surface area contributed by atoms with Gasteiger partial charge < -0.3 is 14.7 Å². The quantitative estimate of drug-likeness (QED) is 0.462. The second-order valence-corrected chi connectivity index (χ2v) is 3.89. The van der Waals surface area contributed by atoms with Gasteiger partial charge in [-0.1, -0.05) is 13.3 Å². The predicted octanol–water partition coefficient (Wildman–Crippen LogP) is 2.14. The summed E-state index contributed by atoms with van der Waals surface area (Å²) in [5.74, 6) is 1.15. The Bertz CT molecular complexity index is 327. The van der Waals surface area contributed by atoms with E-state index in [0.29, 0.717) is 5.92 Å². The van der Waals surface area contributed by atoms with E-state index in [1.165, 1.54) is 12.5 Å². The first-order valence-corrected chi connectivity index (χ1v) is 5.57. The summed E-state index contributed by atoms with van der Waals surface area (Å²) < 4.78 is 1.76. The van der Waals surface area contributed by atoms with Gasteiger partial charge in [0.05, 0.1) is 0 Å². The lowest BCUT2D eigenvalue weighted by molar-refractivity contribution is -0.389. The summed E-state index contributed by atoms with van der Waals surface area (Å²) in [6, 6.07) is 0. The summed E-state index contributed by atoms with van der Waals surface area (Å²) in [6.07, 6.45) is 5.15. The van der Waals surface area contributed by atoms with E-state index in [9.17, 15) is 10.1 Å². The summed E-state index contributed by atoms with van der Waals surface area (Å²) in [4.78, 5) is 13.6. The molecule has 0 aliphatic rings. The normalized spacial score (nSPS) is 12.7. The van der Waals surface area contributed by atoms with Gasteiger partial charge in [0.25, 0.3) is 0 Å². The molecule has 0 aliphatic heterocycles. The van der Waals surface area contributed by atoms with Crippen LogP contribution in [0.4, 0.5) is 5.82 Å². The van der Waals surface area contributed by atoms with Crippen LogP contribution in [0.15, 0.2) is 12.5 Å². The van der Waals surface area contributed by atoms with E-state index >= 15 is 0 Å². The van der Waals surface area contributed by atoms with E-state index in [4.69, 9.17) is 0 Å². The van der Waals surface area contributed by atoms with Crippen LogP contribution in [0.5, 0.6) is 0 Å². The second-order valence-electron chi connectivity index (χ2n) is 3.52. The fourth-order valence-electron chi connectivity index (χ4n) is 1.49. The zero-order valence-electron chi connectivity index (χ0n) is 8.67. The molecular formula is C9H15N3O2S. The molecule has 0 N–H and O–H groups in total. The summed E-state index contributed by atoms with van der Waals surface area (Å²) in [6.45, 7) is 2.87. The number of hydrogen-bond donors (Lipinski definition) is 1. The van der Waals surface area contributed by atoms with Crippen LogP contribution in [-0.4, -0.2) is 20.2 Å². The highest BCUT2D eigenvalue weighted by Gasteiger charge is 2.12. The number of thiol groups is 1. The van der Waals surface area contributed by atoms with Gasteiger partial charge in [0.15, 0.2) is 0 Å². The highest BCUT2D eigenvalue weighted by molar-refractivity contribution is 7.80. The van der Waals surface area contributed by atoms with Gasteiger partial charge in [0.2, 0.25) is 6.33 Å². The van der Waals surface area contributed by atoms with Crippen LogP contribution in [0.1, 0.15) is 19.8 Å². The Labute approximate surface area is 94.1 Å². The van der Waals surface area contributed by atoms with Crippen molar-refractivity contribution >= 4 is 18.4 Å². The van der Waals surface area contributed by atoms with Gasteiger partial charge in [0, 0.05) is 6.54 Å². The predicted molar refractivity (Wildman–Crippen MR) is 61.1 cm³/mol. The molecule has 1 unspecified atom stereocenters. The number of nitro groups is 1. The number of aromatic nitrogens is 2. The largest absolute Gasteiger partial charge is 0.381 e. The number of rotatable bonds is 6. The minimum Gasteiger partial charge on any atom is -0.358 e. The first kappa shape index (κ1) is 12.0. The van der Waals surface area contributed by atoms with Gasteiger partial charge in [0.1, 0.15) is 6.20 Å². The Balaban J connectivity index is 2.59. The molecule has 6 heteroatoms. The van der Waals surface area contributed by atoms with Crippen LogP contribution < -0.4 is 0 Å². The van der Waals surface area contributed by atoms with Crippen LogP contribution in [0.3, 0.4) is 0 Å². The molecule has 15 heavy (non-hydrogen) atoms. The summed E-state index contributed by atoms with van der Waals surface area (Å²) in [5, 5.41) is 10.4. The molecule has 1 aromatic rings. The van der Waals surface area contributed by atoms with Crippen molar-refractivity contribution in [3.05, 3.63) is 22.6 Å². The average molecular weight is 229 g/mol. The third kappa shape index (κ3) is 3.54. The molecule has 0 amide bonds. The van der Waals surface area contributed by atoms with Crippen LogP contribution in [0, 0.1) is 16.0 Å². The first-order chi connectivity index (χ1) is 7.17. The van der Waals surface area contributed by atoms with Gasteiger partial charge in [-0.3, -0.25) is 0 Å². The highest BCUT2D eigenvalue weighted by Crippen LogP contribution is 2.13. The van der Waals surface area contributed by atoms with Gasteiger partial charge in [-0.25, -0.2) is 0 Å². The van der Waals surface area contributed by atoms with E-state index in [0.717, 1.165) is 25.1 Å². The zero-order valence-corrected chi connectivity index (χ0v) is 9.56. The van der Waals surface area contributed by atoms with Crippen LogP contribution in [-0.2, 0) is 6.54 Å². The molecule has 0 aromatic carbocycles. The smallest absolute Gasteiger partial charge is 0.358 e. The van der Waals surface area contributed by atoms with Crippen molar-refractivity contribution < 1.29 is 4.92 Å². The van der Waals surface area contributed by atoms with Crippen molar-refractivity contribution in [1.29, 1.82) is 0 Å². The molecule has 0 radical (unpaired) electrons. The van der Waals surface area contributed by atoms with Crippen molar-refractivity contribution in [2.24, 2.45) is 5.92 Å². The van der Waals surface area contributed by atoms with Crippen molar-refractivity contribution in [3.63, 3.8) is 0 Å². The molecule has 0 fully saturated rings. The standard InChI is InChI=1S/C9H15N3O2S/c1-2-3-8(6-15)4-11-5-9(10-7-11)12(13)14/h5,7-8,15H,2-4,6H2,1H3. The number of nitrogens with zero attached hydrogens (tertiary/aromatic N) is 3. The summed E-state index contributed by atoms with van der Waals surface area (Å²) in [7, 11) is 0. The lowest BCUT2D eigenvalue weighted by atomic mass is 10.1. The van der Waals surface area contributed by atoms with Crippen molar-refractivity contribution in [2.45, 2.75) is 26.3 Å². The number of imidazole rings is 1. The van der Waals surface area contributed by atoms with Gasteiger partial charge in [-0.05, 0) is 28.0 Å². The van der Waals surface area contributed by atoms with E-state index in [2.05, 4.69) is 24.5 Å². The van der Waals surface area contributed by atoms with Gasteiger partial charge >= 0.3 is 5.82 Å². The molecule has 0 saturated carbocycles. The fourth-order valence-corrected chi connectivity index (χ4v) is 1.79. The Morgan fingerprint density at radius 3 is 2.93 bits per heavy atom. The Kier molecular flexibility index (Phi) is 4.61. The SMILES string of the molecule is CCCC(CS)Cn1cnc([N+](=O)[O-])c1. The van der Waals surface area contributed by atoms with Crippen LogP contribution in [0.25, 0.3) is 0 Å². The van der Waals surface area contributed by atoms with Crippen molar-refractivity contribution in [2.75, 3.05) is 5.75 Å². The second kappa shape index (κ2) is 5.75. The minimum atomic E-state index is -0.480. The average Bonchev–Trinajstić information content (AvgIpc) is 2.65. The molecule has 0 aliphatic carbocycles. The molecule has 0 spiro atoms. The highest BCUT2D eigenvalue weighted by atomic mass is 32.1. The molecule has 1 aromatic heterocycles. The van der Waals surface area contributed by atoms with E-state index in [1.807, 2.05) is 0 Å². The van der Waals surface area contributed by atoms with Gasteiger partial charge in [-0.2, -0.15) is 12.6 Å². The topological polar surface area (TPSA) is 61.0 Å². The van der Waals surface area contributed by atoms with E-state index < -0.39 is 4.92 Å². The molecule has 1 atom stereocenters. The summed E-state index contributed by atoms with van der Waals surface area (Å²) in [5.41, 5.74) is 0. The molecule has 1 rings (SSSR count). The maximum absolute atomic E-state index is 10.4. The van der Waals surface area contributed by atoms with Crippen molar-refractivity contribution in [1.82, 2.24) is 9.55 Å². The van der Waals surface area contributed by atoms with Crippen molar-refractivity contribution in [3.8, 4) is 0 Å². The molecule has 84 valence electrons. The lowest BCUT2D eigenvalue weighted by Gasteiger charge is -2.12. The molecule has 1 heterocycles. The third-order valence-electron chi connectivity index (χ3n) is 2.23. The summed E-state index contributed by atoms with van der Waals surface area (Å²) >= 11 is 4.26. The molecule has 0 bridgehead atoms. The van der Waals surface area contributed by atoms with Crippen LogP contribution in [0.2, 0.25) is 0 Å². The zero-order chi connectivity index (χ0) is 11.3. The lowest BCUT2D eigenvalue weighted by Crippen LogP contribution is -2.10. The fraction of sp³-hybridized carbons (Fsp3) is 0.667. The van der Waals surface area contributed by atoms with E-state index in [-0.39, 0.29) is 5.82 Å².